The molecule has 7 heteroatoms. The second-order valence-corrected chi connectivity index (χ2v) is 5.85. The zero-order valence-electron chi connectivity index (χ0n) is 12.7. The first-order chi connectivity index (χ1) is 9.98. The Hall–Kier alpha value is -1.28. The number of rotatable bonds is 3. The van der Waals surface area contributed by atoms with E-state index in [9.17, 15) is 5.21 Å². The molecule has 0 bridgehead atoms. The fraction of sp³-hybridized carbons (Fsp3) is 0.714. The van der Waals surface area contributed by atoms with Gasteiger partial charge < -0.3 is 19.4 Å². The number of nitrogens with zero attached hydrogens (tertiary/aromatic N) is 3. The Morgan fingerprint density at radius 2 is 2.10 bits per heavy atom. The predicted molar refractivity (Wildman–Crippen MR) is 72.9 cm³/mol. The third kappa shape index (κ3) is 2.30. The maximum absolute atomic E-state index is 10.6. The summed E-state index contributed by atoms with van der Waals surface area (Å²) in [5, 5.41) is 11.9. The van der Waals surface area contributed by atoms with Crippen LogP contribution in [0.1, 0.15) is 38.8 Å². The molecule has 0 spiro atoms. The highest BCUT2D eigenvalue weighted by atomic mass is 16.8. The summed E-state index contributed by atoms with van der Waals surface area (Å²) < 4.78 is 17.3. The lowest BCUT2D eigenvalue weighted by atomic mass is 10.0. The molecule has 0 aliphatic carbocycles. The van der Waals surface area contributed by atoms with Gasteiger partial charge in [0.15, 0.2) is 5.79 Å². The molecule has 2 saturated heterocycles. The van der Waals surface area contributed by atoms with E-state index in [1.807, 2.05) is 20.8 Å². The second-order valence-electron chi connectivity index (χ2n) is 5.85. The molecular weight excluding hydrogens is 274 g/mol. The highest BCUT2D eigenvalue weighted by Crippen LogP contribution is 2.48. The van der Waals surface area contributed by atoms with Crippen LogP contribution in [0.4, 0.5) is 0 Å². The summed E-state index contributed by atoms with van der Waals surface area (Å²) in [4.78, 5) is 8.16. The Balaban J connectivity index is 2.01. The average molecular weight is 295 g/mol. The Labute approximate surface area is 123 Å². The van der Waals surface area contributed by atoms with Crippen molar-refractivity contribution >= 4 is 0 Å². The number of hydrogen-bond acceptors (Lipinski definition) is 7. The van der Waals surface area contributed by atoms with E-state index < -0.39 is 11.8 Å². The number of hydrogen-bond donors (Lipinski definition) is 1. The van der Waals surface area contributed by atoms with Crippen molar-refractivity contribution in [1.82, 2.24) is 15.0 Å². The minimum Gasteiger partial charge on any atom is -0.481 e. The molecule has 2 aliphatic rings. The largest absolute Gasteiger partial charge is 0.481 e. The second kappa shape index (κ2) is 5.17. The molecule has 3 heterocycles. The fourth-order valence-electron chi connectivity index (χ4n) is 3.31. The molecule has 1 aromatic heterocycles. The molecular formula is C14H21N3O4. The normalized spacial score (nSPS) is 34.9. The number of aromatic nitrogens is 2. The monoisotopic (exact) mass is 295 g/mol. The van der Waals surface area contributed by atoms with Crippen LogP contribution in [0.15, 0.2) is 12.5 Å². The molecule has 3 rings (SSSR count). The lowest BCUT2D eigenvalue weighted by Gasteiger charge is -2.29. The van der Waals surface area contributed by atoms with Crippen LogP contribution in [-0.4, -0.2) is 51.4 Å². The van der Waals surface area contributed by atoms with Crippen LogP contribution in [0.25, 0.3) is 0 Å². The van der Waals surface area contributed by atoms with Crippen LogP contribution in [0, 0.1) is 0 Å². The summed E-state index contributed by atoms with van der Waals surface area (Å²) in [6, 6.07) is -0.537. The molecule has 0 amide bonds. The molecule has 2 fully saturated rings. The third-order valence-corrected chi connectivity index (χ3v) is 4.11. The van der Waals surface area contributed by atoms with Crippen LogP contribution in [-0.2, 0) is 9.47 Å². The van der Waals surface area contributed by atoms with E-state index in [2.05, 4.69) is 9.97 Å². The molecule has 0 unspecified atom stereocenters. The van der Waals surface area contributed by atoms with Crippen molar-refractivity contribution in [1.29, 1.82) is 0 Å². The highest BCUT2D eigenvalue weighted by Gasteiger charge is 2.58. The molecule has 2 aliphatic heterocycles. The number of fused-ring (bicyclic) bond motifs is 1. The van der Waals surface area contributed by atoms with E-state index in [0.29, 0.717) is 11.4 Å². The summed E-state index contributed by atoms with van der Waals surface area (Å²) >= 11 is 0. The van der Waals surface area contributed by atoms with E-state index in [4.69, 9.17) is 14.2 Å². The number of methoxy groups -OCH3 is 1. The van der Waals surface area contributed by atoms with Gasteiger partial charge in [0.05, 0.1) is 24.8 Å². The quantitative estimate of drug-likeness (QED) is 0.906. The van der Waals surface area contributed by atoms with Gasteiger partial charge in [-0.3, -0.25) is 0 Å². The van der Waals surface area contributed by atoms with Gasteiger partial charge in [-0.2, -0.15) is 5.06 Å². The molecule has 1 N–H and O–H groups in total. The van der Waals surface area contributed by atoms with E-state index >= 15 is 0 Å². The SMILES string of the molecule is CC[C@@H]1[C@H]2OC(C)(C)O[C@H]2[C@H](c2cncnc2OC)N1O. The molecule has 0 radical (unpaired) electrons. The van der Waals surface area contributed by atoms with Crippen molar-refractivity contribution in [3.8, 4) is 5.88 Å². The van der Waals surface area contributed by atoms with Crippen molar-refractivity contribution < 1.29 is 19.4 Å². The Bertz CT molecular complexity index is 525. The predicted octanol–water partition coefficient (Wildman–Crippen LogP) is 1.53. The first-order valence-corrected chi connectivity index (χ1v) is 7.15. The van der Waals surface area contributed by atoms with Gasteiger partial charge in [-0.05, 0) is 20.3 Å². The maximum Gasteiger partial charge on any atom is 0.221 e. The lowest BCUT2D eigenvalue weighted by Crippen LogP contribution is -2.37. The Morgan fingerprint density at radius 1 is 1.38 bits per heavy atom. The maximum atomic E-state index is 10.6. The minimum atomic E-state index is -0.662. The van der Waals surface area contributed by atoms with Gasteiger partial charge in [0.25, 0.3) is 0 Å². The molecule has 0 aromatic carbocycles. The molecule has 7 nitrogen and oxygen atoms in total. The first kappa shape index (κ1) is 14.6. The first-order valence-electron chi connectivity index (χ1n) is 7.15. The van der Waals surface area contributed by atoms with E-state index in [1.165, 1.54) is 11.4 Å². The van der Waals surface area contributed by atoms with Gasteiger partial charge in [0.2, 0.25) is 5.88 Å². The van der Waals surface area contributed by atoms with Gasteiger partial charge >= 0.3 is 0 Å². The smallest absolute Gasteiger partial charge is 0.221 e. The fourth-order valence-corrected chi connectivity index (χ4v) is 3.31. The number of ether oxygens (including phenoxy) is 3. The summed E-state index contributed by atoms with van der Waals surface area (Å²) in [7, 11) is 1.55. The van der Waals surface area contributed by atoms with Gasteiger partial charge in [-0.25, -0.2) is 9.97 Å². The van der Waals surface area contributed by atoms with Gasteiger partial charge in [0, 0.05) is 6.20 Å². The third-order valence-electron chi connectivity index (χ3n) is 4.11. The van der Waals surface area contributed by atoms with E-state index in [-0.39, 0.29) is 18.2 Å². The molecule has 21 heavy (non-hydrogen) atoms. The highest BCUT2D eigenvalue weighted by molar-refractivity contribution is 5.30. The summed E-state index contributed by atoms with van der Waals surface area (Å²) in [6.45, 7) is 5.78. The van der Waals surface area contributed by atoms with Crippen molar-refractivity contribution in [2.75, 3.05) is 7.11 Å². The van der Waals surface area contributed by atoms with E-state index in [1.54, 1.807) is 13.3 Å². The zero-order valence-corrected chi connectivity index (χ0v) is 12.7. The standard InChI is InChI=1S/C14H21N3O4/c1-5-9-11-12(21-14(2,3)20-11)10(17(9)18)8-6-15-7-16-13(8)19-4/h6-7,9-12,18H,5H2,1-4H3/t9-,10+,11-,12+/m1/s1. The van der Waals surface area contributed by atoms with Crippen LogP contribution in [0.2, 0.25) is 0 Å². The topological polar surface area (TPSA) is 76.9 Å². The zero-order chi connectivity index (χ0) is 15.2. The van der Waals surface area contributed by atoms with E-state index in [0.717, 1.165) is 6.42 Å². The molecule has 0 saturated carbocycles. The van der Waals surface area contributed by atoms with Crippen molar-refractivity contribution in [3.63, 3.8) is 0 Å². The van der Waals surface area contributed by atoms with Crippen LogP contribution in [0.3, 0.4) is 0 Å². The van der Waals surface area contributed by atoms with Crippen LogP contribution < -0.4 is 4.74 Å². The van der Waals surface area contributed by atoms with Gasteiger partial charge in [-0.1, -0.05) is 6.92 Å². The molecule has 4 atom stereocenters. The average Bonchev–Trinajstić information content (AvgIpc) is 2.87. The van der Waals surface area contributed by atoms with Crippen molar-refractivity contribution in [3.05, 3.63) is 18.1 Å². The summed E-state index contributed by atoms with van der Waals surface area (Å²) in [5.74, 6) is -0.219. The van der Waals surface area contributed by atoms with Crippen LogP contribution >= 0.6 is 0 Å². The van der Waals surface area contributed by atoms with Crippen molar-refractivity contribution in [2.24, 2.45) is 0 Å². The molecule has 1 aromatic rings. The summed E-state index contributed by atoms with van der Waals surface area (Å²) in [6.07, 6.45) is 3.36. The molecule has 116 valence electrons. The Morgan fingerprint density at radius 3 is 2.76 bits per heavy atom. The Kier molecular flexibility index (Phi) is 3.61. The minimum absolute atomic E-state index is 0.133. The number of hydroxylamine groups is 2. The van der Waals surface area contributed by atoms with Crippen molar-refractivity contribution in [2.45, 2.75) is 57.3 Å². The van der Waals surface area contributed by atoms with Gasteiger partial charge in [0.1, 0.15) is 18.5 Å². The van der Waals surface area contributed by atoms with Crippen LogP contribution in [0.5, 0.6) is 5.88 Å². The summed E-state index contributed by atoms with van der Waals surface area (Å²) in [5.41, 5.74) is 0.703. The van der Waals surface area contributed by atoms with Gasteiger partial charge in [-0.15, -0.1) is 0 Å². The lowest BCUT2D eigenvalue weighted by molar-refractivity contribution is -0.217.